The molecule has 1 N–H and O–H groups in total. The Morgan fingerprint density at radius 3 is 2.89 bits per heavy atom. The van der Waals surface area contributed by atoms with Crippen LogP contribution in [-0.2, 0) is 6.54 Å². The van der Waals surface area contributed by atoms with Crippen molar-refractivity contribution in [2.45, 2.75) is 26.3 Å². The lowest BCUT2D eigenvalue weighted by Crippen LogP contribution is -2.35. The molecule has 1 aliphatic rings. The van der Waals surface area contributed by atoms with Crippen LogP contribution in [0, 0.1) is 5.92 Å². The molecule has 0 saturated carbocycles. The van der Waals surface area contributed by atoms with E-state index in [1.165, 1.54) is 25.9 Å². The number of likely N-dealkylation sites (tertiary alicyclic amines) is 1. The zero-order valence-electron chi connectivity index (χ0n) is 12.4. The Bertz CT molecular complexity index is 371. The summed E-state index contributed by atoms with van der Waals surface area (Å²) in [6.07, 6.45) is 2.63. The van der Waals surface area contributed by atoms with Crippen LogP contribution in [0.1, 0.15) is 25.5 Å². The number of hydrogen-bond donors (Lipinski definition) is 1. The number of hydrogen-bond acceptors (Lipinski definition) is 5. The van der Waals surface area contributed by atoms with E-state index in [0.29, 0.717) is 0 Å². The van der Waals surface area contributed by atoms with Gasteiger partial charge in [-0.05, 0) is 45.4 Å². The van der Waals surface area contributed by atoms with Gasteiger partial charge in [-0.3, -0.25) is 0 Å². The van der Waals surface area contributed by atoms with Gasteiger partial charge >= 0.3 is 0 Å². The maximum absolute atomic E-state index is 4.70. The fraction of sp³-hybridized carbons (Fsp3) is 0.786. The smallest absolute Gasteiger partial charge is 0.185 e. The molecule has 0 aromatic carbocycles. The largest absolute Gasteiger partial charge is 0.351 e. The van der Waals surface area contributed by atoms with Gasteiger partial charge in [-0.15, -0.1) is 11.3 Å². The number of aromatic nitrogens is 1. The third-order valence-corrected chi connectivity index (χ3v) is 4.80. The van der Waals surface area contributed by atoms with Crippen molar-refractivity contribution in [1.82, 2.24) is 15.2 Å². The highest BCUT2D eigenvalue weighted by atomic mass is 32.1. The van der Waals surface area contributed by atoms with Crippen LogP contribution < -0.4 is 10.2 Å². The van der Waals surface area contributed by atoms with Crippen LogP contribution in [0.5, 0.6) is 0 Å². The lowest BCUT2D eigenvalue weighted by molar-refractivity contribution is 0.222. The zero-order valence-corrected chi connectivity index (χ0v) is 13.2. The first kappa shape index (κ1) is 14.8. The number of nitrogens with one attached hydrogen (secondary N) is 1. The first-order chi connectivity index (χ1) is 9.19. The summed E-state index contributed by atoms with van der Waals surface area (Å²) in [4.78, 5) is 9.45. The van der Waals surface area contributed by atoms with Gasteiger partial charge in [0.15, 0.2) is 5.13 Å². The summed E-state index contributed by atoms with van der Waals surface area (Å²) in [6, 6.07) is 0. The molecule has 4 nitrogen and oxygen atoms in total. The van der Waals surface area contributed by atoms with Crippen molar-refractivity contribution in [3.05, 3.63) is 11.1 Å². The van der Waals surface area contributed by atoms with Crippen LogP contribution in [0.3, 0.4) is 0 Å². The Morgan fingerprint density at radius 2 is 2.21 bits per heavy atom. The minimum absolute atomic E-state index is 0.822. The molecule has 1 fully saturated rings. The predicted octanol–water partition coefficient (Wildman–Crippen LogP) is 2.03. The van der Waals surface area contributed by atoms with E-state index >= 15 is 0 Å². The van der Waals surface area contributed by atoms with Crippen LogP contribution in [0.4, 0.5) is 5.13 Å². The molecule has 19 heavy (non-hydrogen) atoms. The third-order valence-electron chi connectivity index (χ3n) is 3.79. The lowest BCUT2D eigenvalue weighted by Gasteiger charge is -2.31. The van der Waals surface area contributed by atoms with Gasteiger partial charge in [-0.1, -0.05) is 6.92 Å². The fourth-order valence-electron chi connectivity index (χ4n) is 2.52. The number of piperidine rings is 1. The van der Waals surface area contributed by atoms with Gasteiger partial charge in [0, 0.05) is 25.5 Å². The molecule has 1 aliphatic heterocycles. The van der Waals surface area contributed by atoms with Crippen LogP contribution in [0.15, 0.2) is 5.38 Å². The molecule has 5 heteroatoms. The minimum atomic E-state index is 0.822. The number of nitrogens with zero attached hydrogens (tertiary/aromatic N) is 3. The molecule has 1 saturated heterocycles. The molecule has 0 unspecified atom stereocenters. The molecule has 108 valence electrons. The maximum Gasteiger partial charge on any atom is 0.185 e. The van der Waals surface area contributed by atoms with Crippen molar-refractivity contribution in [1.29, 1.82) is 0 Å². The Kier molecular flexibility index (Phi) is 5.60. The van der Waals surface area contributed by atoms with Gasteiger partial charge < -0.3 is 15.1 Å². The molecule has 0 atom stereocenters. The van der Waals surface area contributed by atoms with Gasteiger partial charge in [-0.25, -0.2) is 4.98 Å². The monoisotopic (exact) mass is 282 g/mol. The van der Waals surface area contributed by atoms with Crippen molar-refractivity contribution < 1.29 is 0 Å². The number of rotatable bonds is 6. The summed E-state index contributed by atoms with van der Waals surface area (Å²) in [5.41, 5.74) is 1.16. The average Bonchev–Trinajstić information content (AvgIpc) is 2.88. The number of anilines is 1. The van der Waals surface area contributed by atoms with E-state index in [9.17, 15) is 0 Å². The van der Waals surface area contributed by atoms with Gasteiger partial charge in [-0.2, -0.15) is 0 Å². The molecule has 0 spiro atoms. The second-order valence-corrected chi connectivity index (χ2v) is 6.37. The predicted molar refractivity (Wildman–Crippen MR) is 83.0 cm³/mol. The van der Waals surface area contributed by atoms with E-state index < -0.39 is 0 Å². The molecule has 0 aliphatic carbocycles. The normalized spacial score (nSPS) is 17.8. The van der Waals surface area contributed by atoms with Crippen LogP contribution in [-0.4, -0.2) is 50.2 Å². The summed E-state index contributed by atoms with van der Waals surface area (Å²) in [7, 11) is 4.39. The molecule has 2 rings (SSSR count). The highest BCUT2D eigenvalue weighted by Gasteiger charge is 2.19. The molecular weight excluding hydrogens is 256 g/mol. The van der Waals surface area contributed by atoms with Crippen molar-refractivity contribution in [3.63, 3.8) is 0 Å². The fourth-order valence-corrected chi connectivity index (χ4v) is 3.32. The average molecular weight is 282 g/mol. The van der Waals surface area contributed by atoms with Crippen LogP contribution in [0.25, 0.3) is 0 Å². The second-order valence-electron chi connectivity index (χ2n) is 5.53. The lowest BCUT2D eigenvalue weighted by atomic mass is 9.97. The van der Waals surface area contributed by atoms with Crippen LogP contribution >= 0.6 is 11.3 Å². The highest BCUT2D eigenvalue weighted by Crippen LogP contribution is 2.23. The van der Waals surface area contributed by atoms with E-state index in [-0.39, 0.29) is 0 Å². The Labute approximate surface area is 120 Å². The second kappa shape index (κ2) is 7.22. The zero-order chi connectivity index (χ0) is 13.7. The van der Waals surface area contributed by atoms with Crippen LogP contribution in [0.2, 0.25) is 0 Å². The van der Waals surface area contributed by atoms with Gasteiger partial charge in [0.05, 0.1) is 5.69 Å². The maximum atomic E-state index is 4.70. The Hall–Kier alpha value is -0.650. The van der Waals surface area contributed by atoms with Gasteiger partial charge in [0.25, 0.3) is 0 Å². The molecule has 1 aromatic rings. The SMILES string of the molecule is CCNCc1csc(N(C)CC2CCN(C)CC2)n1. The molecule has 0 bridgehead atoms. The summed E-state index contributed by atoms with van der Waals surface area (Å²) in [5, 5.41) is 6.65. The summed E-state index contributed by atoms with van der Waals surface area (Å²) < 4.78 is 0. The minimum Gasteiger partial charge on any atom is -0.351 e. The van der Waals surface area contributed by atoms with Gasteiger partial charge in [0.2, 0.25) is 0 Å². The van der Waals surface area contributed by atoms with E-state index in [0.717, 1.165) is 36.4 Å². The van der Waals surface area contributed by atoms with Crippen molar-refractivity contribution in [3.8, 4) is 0 Å². The summed E-state index contributed by atoms with van der Waals surface area (Å²) in [6.45, 7) is 7.62. The topological polar surface area (TPSA) is 31.4 Å². The first-order valence-electron chi connectivity index (χ1n) is 7.23. The summed E-state index contributed by atoms with van der Waals surface area (Å²) >= 11 is 1.76. The Morgan fingerprint density at radius 1 is 1.47 bits per heavy atom. The number of thiazole rings is 1. The van der Waals surface area contributed by atoms with Crippen molar-refractivity contribution in [2.24, 2.45) is 5.92 Å². The van der Waals surface area contributed by atoms with E-state index in [1.54, 1.807) is 11.3 Å². The molecule has 1 aromatic heterocycles. The molecule has 0 amide bonds. The molecular formula is C14H26N4S. The molecule has 2 heterocycles. The Balaban J connectivity index is 1.82. The van der Waals surface area contributed by atoms with E-state index in [4.69, 9.17) is 4.98 Å². The van der Waals surface area contributed by atoms with E-state index in [2.05, 4.69) is 41.5 Å². The van der Waals surface area contributed by atoms with Gasteiger partial charge in [0.1, 0.15) is 0 Å². The third kappa shape index (κ3) is 4.44. The van der Waals surface area contributed by atoms with Crippen molar-refractivity contribution >= 4 is 16.5 Å². The van der Waals surface area contributed by atoms with E-state index in [1.807, 2.05) is 0 Å². The summed E-state index contributed by atoms with van der Waals surface area (Å²) in [5.74, 6) is 0.822. The first-order valence-corrected chi connectivity index (χ1v) is 8.11. The van der Waals surface area contributed by atoms with Crippen molar-refractivity contribution in [2.75, 3.05) is 45.2 Å². The quantitative estimate of drug-likeness (QED) is 0.865. The standard InChI is InChI=1S/C14H26N4S/c1-4-15-9-13-11-19-14(16-13)18(3)10-12-5-7-17(2)8-6-12/h11-12,15H,4-10H2,1-3H3. The molecule has 0 radical (unpaired) electrons. The highest BCUT2D eigenvalue weighted by molar-refractivity contribution is 7.13.